The summed E-state index contributed by atoms with van der Waals surface area (Å²) in [5.41, 5.74) is 3.30. The SMILES string of the molecule is O=C(C1CCCCC1)N1CCN(C(=O)C2CN(c3c4c(nc5ccnn35)CCNCC4)C2)CC1. The molecule has 1 N–H and O–H groups in total. The smallest absolute Gasteiger partial charge is 0.229 e. The van der Waals surface area contributed by atoms with Crippen LogP contribution >= 0.6 is 0 Å². The molecule has 3 aliphatic heterocycles. The Labute approximate surface area is 200 Å². The molecule has 0 unspecified atom stereocenters. The molecule has 0 radical (unpaired) electrons. The Bertz CT molecular complexity index is 1060. The highest BCUT2D eigenvalue weighted by Gasteiger charge is 2.39. The van der Waals surface area contributed by atoms with Gasteiger partial charge in [-0.1, -0.05) is 19.3 Å². The lowest BCUT2D eigenvalue weighted by atomic mass is 9.88. The Morgan fingerprint density at radius 2 is 1.56 bits per heavy atom. The zero-order valence-corrected chi connectivity index (χ0v) is 19.9. The standard InChI is InChI=1S/C25H35N7O2/c33-24(18-4-2-1-3-5-18)29-12-14-30(15-13-29)25(34)19-16-31(17-19)23-20-6-9-26-10-7-21(20)28-22-8-11-27-32(22)23/h8,11,18-19,26H,1-7,9-10,12-17H2. The number of nitrogens with zero attached hydrogens (tertiary/aromatic N) is 6. The second-order valence-corrected chi connectivity index (χ2v) is 10.3. The van der Waals surface area contributed by atoms with Crippen molar-refractivity contribution in [3.05, 3.63) is 23.5 Å². The molecule has 3 fully saturated rings. The molecular weight excluding hydrogens is 430 g/mol. The Morgan fingerprint density at radius 3 is 2.29 bits per heavy atom. The predicted octanol–water partition coefficient (Wildman–Crippen LogP) is 1.10. The molecule has 5 heterocycles. The van der Waals surface area contributed by atoms with Gasteiger partial charge in [0.15, 0.2) is 5.65 Å². The van der Waals surface area contributed by atoms with Crippen LogP contribution in [0.25, 0.3) is 5.65 Å². The van der Waals surface area contributed by atoms with Crippen molar-refractivity contribution in [3.63, 3.8) is 0 Å². The van der Waals surface area contributed by atoms with Crippen LogP contribution in [0.2, 0.25) is 0 Å². The van der Waals surface area contributed by atoms with E-state index < -0.39 is 0 Å². The third kappa shape index (κ3) is 3.93. The fourth-order valence-electron chi connectivity index (χ4n) is 6.16. The summed E-state index contributed by atoms with van der Waals surface area (Å²) in [6.07, 6.45) is 9.34. The number of nitrogens with one attached hydrogen (secondary N) is 1. The molecule has 2 amide bonds. The number of hydrogen-bond acceptors (Lipinski definition) is 6. The number of carbonyl (C=O) groups is 2. The van der Waals surface area contributed by atoms with Crippen LogP contribution in [0.4, 0.5) is 5.82 Å². The maximum atomic E-state index is 13.2. The summed E-state index contributed by atoms with van der Waals surface area (Å²) >= 11 is 0. The van der Waals surface area contributed by atoms with Crippen LogP contribution in [0.3, 0.4) is 0 Å². The normalized spacial score (nSPS) is 22.4. The summed E-state index contributed by atoms with van der Waals surface area (Å²) in [6, 6.07) is 1.96. The van der Waals surface area contributed by atoms with Crippen molar-refractivity contribution in [1.29, 1.82) is 0 Å². The molecule has 9 nitrogen and oxygen atoms in total. The van der Waals surface area contributed by atoms with E-state index in [9.17, 15) is 9.59 Å². The molecule has 1 saturated carbocycles. The van der Waals surface area contributed by atoms with Gasteiger partial charge >= 0.3 is 0 Å². The number of piperazine rings is 1. The first-order chi connectivity index (χ1) is 16.7. The third-order valence-electron chi connectivity index (χ3n) is 8.17. The second kappa shape index (κ2) is 9.17. The molecule has 182 valence electrons. The van der Waals surface area contributed by atoms with Gasteiger partial charge in [-0.15, -0.1) is 0 Å². The number of amides is 2. The van der Waals surface area contributed by atoms with Gasteiger partial charge in [-0.2, -0.15) is 9.61 Å². The number of fused-ring (bicyclic) bond motifs is 2. The molecule has 2 saturated heterocycles. The fourth-order valence-corrected chi connectivity index (χ4v) is 6.16. The summed E-state index contributed by atoms with van der Waals surface area (Å²) in [6.45, 7) is 6.00. The molecule has 4 aliphatic rings. The number of anilines is 1. The Morgan fingerprint density at radius 1 is 0.882 bits per heavy atom. The minimum absolute atomic E-state index is 0.0129. The molecule has 2 aromatic rings. The topological polar surface area (TPSA) is 86.1 Å². The largest absolute Gasteiger partial charge is 0.354 e. The van der Waals surface area contributed by atoms with Crippen LogP contribution in [-0.4, -0.2) is 88.6 Å². The molecule has 9 heteroatoms. The Balaban J connectivity index is 1.09. The van der Waals surface area contributed by atoms with Crippen molar-refractivity contribution in [3.8, 4) is 0 Å². The van der Waals surface area contributed by atoms with Crippen molar-refractivity contribution >= 4 is 23.3 Å². The highest BCUT2D eigenvalue weighted by Crippen LogP contribution is 2.32. The molecule has 0 spiro atoms. The van der Waals surface area contributed by atoms with Gasteiger partial charge in [0.05, 0.1) is 17.8 Å². The summed E-state index contributed by atoms with van der Waals surface area (Å²) in [5.74, 6) is 1.89. The van der Waals surface area contributed by atoms with E-state index in [1.807, 2.05) is 20.4 Å². The quantitative estimate of drug-likeness (QED) is 0.731. The van der Waals surface area contributed by atoms with Crippen molar-refractivity contribution in [1.82, 2.24) is 29.7 Å². The molecule has 0 aromatic carbocycles. The molecule has 1 aliphatic carbocycles. The lowest BCUT2D eigenvalue weighted by Crippen LogP contribution is -2.59. The van der Waals surface area contributed by atoms with E-state index in [0.29, 0.717) is 32.1 Å². The summed E-state index contributed by atoms with van der Waals surface area (Å²) in [4.78, 5) is 37.2. The number of hydrogen-bond donors (Lipinski definition) is 1. The first kappa shape index (κ1) is 21.8. The first-order valence-electron chi connectivity index (χ1n) is 13.1. The van der Waals surface area contributed by atoms with Crippen molar-refractivity contribution in [2.24, 2.45) is 11.8 Å². The summed E-state index contributed by atoms with van der Waals surface area (Å²) in [7, 11) is 0. The minimum Gasteiger partial charge on any atom is -0.354 e. The van der Waals surface area contributed by atoms with Gasteiger partial charge in [-0.3, -0.25) is 9.59 Å². The van der Waals surface area contributed by atoms with Crippen molar-refractivity contribution < 1.29 is 9.59 Å². The molecule has 0 bridgehead atoms. The van der Waals surface area contributed by atoms with Gasteiger partial charge < -0.3 is 20.0 Å². The third-order valence-corrected chi connectivity index (χ3v) is 8.17. The Hall–Kier alpha value is -2.68. The average molecular weight is 466 g/mol. The van der Waals surface area contributed by atoms with Crippen LogP contribution in [0, 0.1) is 11.8 Å². The number of rotatable bonds is 3. The van der Waals surface area contributed by atoms with Crippen LogP contribution in [-0.2, 0) is 22.4 Å². The van der Waals surface area contributed by atoms with Crippen molar-refractivity contribution in [2.45, 2.75) is 44.9 Å². The van der Waals surface area contributed by atoms with Gasteiger partial charge in [0, 0.05) is 69.8 Å². The molecule has 0 atom stereocenters. The lowest BCUT2D eigenvalue weighted by molar-refractivity contribution is -0.145. The van der Waals surface area contributed by atoms with Gasteiger partial charge in [0.2, 0.25) is 11.8 Å². The van der Waals surface area contributed by atoms with Gasteiger partial charge in [-0.05, 0) is 25.8 Å². The van der Waals surface area contributed by atoms with Crippen LogP contribution in [0.15, 0.2) is 12.3 Å². The summed E-state index contributed by atoms with van der Waals surface area (Å²) < 4.78 is 1.94. The van der Waals surface area contributed by atoms with E-state index in [1.54, 1.807) is 6.20 Å². The zero-order valence-electron chi connectivity index (χ0n) is 19.9. The van der Waals surface area contributed by atoms with E-state index in [2.05, 4.69) is 15.3 Å². The fraction of sp³-hybridized carbons (Fsp3) is 0.680. The highest BCUT2D eigenvalue weighted by atomic mass is 16.2. The zero-order chi connectivity index (χ0) is 23.1. The molecule has 2 aromatic heterocycles. The van der Waals surface area contributed by atoms with Gasteiger partial charge in [0.25, 0.3) is 0 Å². The van der Waals surface area contributed by atoms with E-state index in [4.69, 9.17) is 4.98 Å². The maximum absolute atomic E-state index is 13.2. The monoisotopic (exact) mass is 465 g/mol. The van der Waals surface area contributed by atoms with Crippen LogP contribution in [0.5, 0.6) is 0 Å². The highest BCUT2D eigenvalue weighted by molar-refractivity contribution is 5.83. The van der Waals surface area contributed by atoms with E-state index in [1.165, 1.54) is 24.8 Å². The van der Waals surface area contributed by atoms with E-state index in [-0.39, 0.29) is 17.7 Å². The maximum Gasteiger partial charge on any atom is 0.229 e. The molecular formula is C25H35N7O2. The van der Waals surface area contributed by atoms with Gasteiger partial charge in [-0.25, -0.2) is 4.98 Å². The average Bonchev–Trinajstić information content (AvgIpc) is 3.19. The van der Waals surface area contributed by atoms with Crippen LogP contribution in [0.1, 0.15) is 43.4 Å². The summed E-state index contributed by atoms with van der Waals surface area (Å²) in [5, 5.41) is 8.01. The number of carbonyl (C=O) groups excluding carboxylic acids is 2. The first-order valence-corrected chi connectivity index (χ1v) is 13.1. The Kier molecular flexibility index (Phi) is 5.89. The van der Waals surface area contributed by atoms with Gasteiger partial charge in [0.1, 0.15) is 5.82 Å². The lowest BCUT2D eigenvalue weighted by Gasteiger charge is -2.44. The number of aromatic nitrogens is 3. The van der Waals surface area contributed by atoms with Crippen molar-refractivity contribution in [2.75, 3.05) is 57.3 Å². The van der Waals surface area contributed by atoms with E-state index in [0.717, 1.165) is 69.0 Å². The minimum atomic E-state index is 0.0129. The predicted molar refractivity (Wildman–Crippen MR) is 129 cm³/mol. The second-order valence-electron chi connectivity index (χ2n) is 10.3. The molecule has 34 heavy (non-hydrogen) atoms. The van der Waals surface area contributed by atoms with Crippen LogP contribution < -0.4 is 10.2 Å². The molecule has 6 rings (SSSR count). The van der Waals surface area contributed by atoms with E-state index >= 15 is 0 Å².